The van der Waals surface area contributed by atoms with Crippen molar-refractivity contribution in [3.05, 3.63) is 52.3 Å². The number of rotatable bonds is 4. The Morgan fingerprint density at radius 3 is 2.95 bits per heavy atom. The molecule has 1 aromatic heterocycles. The summed E-state index contributed by atoms with van der Waals surface area (Å²) in [6.45, 7) is 0. The molecule has 1 heterocycles. The van der Waals surface area contributed by atoms with E-state index in [1.807, 2.05) is 12.1 Å². The summed E-state index contributed by atoms with van der Waals surface area (Å²) in [6, 6.07) is 8.76. The topological polar surface area (TPSA) is 66.5 Å². The normalized spacial score (nSPS) is 10.6. The van der Waals surface area contributed by atoms with Gasteiger partial charge in [-0.05, 0) is 46.3 Å². The van der Waals surface area contributed by atoms with Crippen LogP contribution in [-0.4, -0.2) is 24.2 Å². The second kappa shape index (κ2) is 6.19. The van der Waals surface area contributed by atoms with Crippen LogP contribution in [0.5, 0.6) is 5.75 Å². The molecule has 6 heteroatoms. The molecule has 0 aliphatic heterocycles. The van der Waals surface area contributed by atoms with Gasteiger partial charge in [-0.25, -0.2) is 5.43 Å². The molecule has 0 bridgehead atoms. The van der Waals surface area contributed by atoms with Crippen LogP contribution in [0.2, 0.25) is 0 Å². The molecule has 1 amide bonds. The summed E-state index contributed by atoms with van der Waals surface area (Å²) in [6.07, 6.45) is 3.32. The molecule has 0 saturated carbocycles. The molecule has 19 heavy (non-hydrogen) atoms. The summed E-state index contributed by atoms with van der Waals surface area (Å²) < 4.78 is 5.82. The van der Waals surface area contributed by atoms with Crippen molar-refractivity contribution < 1.29 is 9.53 Å². The maximum Gasteiger partial charge on any atom is 0.271 e. The van der Waals surface area contributed by atoms with E-state index in [0.717, 1.165) is 10.2 Å². The summed E-state index contributed by atoms with van der Waals surface area (Å²) in [7, 11) is 1.57. The minimum atomic E-state index is -0.286. The van der Waals surface area contributed by atoms with Gasteiger partial charge in [0.25, 0.3) is 5.91 Å². The van der Waals surface area contributed by atoms with Gasteiger partial charge in [0.2, 0.25) is 0 Å². The average molecular weight is 322 g/mol. The van der Waals surface area contributed by atoms with Crippen molar-refractivity contribution in [3.8, 4) is 5.75 Å². The molecule has 2 aromatic rings. The molecule has 0 aliphatic rings. The number of benzene rings is 1. The molecule has 0 unspecified atom stereocenters. The molecule has 0 aliphatic carbocycles. The third kappa shape index (κ3) is 3.45. The van der Waals surface area contributed by atoms with Crippen molar-refractivity contribution in [1.29, 1.82) is 0 Å². The lowest BCUT2D eigenvalue weighted by Gasteiger charge is -2.05. The number of carbonyl (C=O) groups is 1. The van der Waals surface area contributed by atoms with Gasteiger partial charge in [0.1, 0.15) is 5.75 Å². The maximum absolute atomic E-state index is 11.8. The zero-order valence-electron chi connectivity index (χ0n) is 10.2. The second-order valence-corrected chi connectivity index (χ2v) is 4.53. The van der Waals surface area contributed by atoms with E-state index < -0.39 is 0 Å². The van der Waals surface area contributed by atoms with Gasteiger partial charge >= 0.3 is 0 Å². The number of amides is 1. The predicted octanol–water partition coefficient (Wildman–Crippen LogP) is 2.55. The standard InChI is InChI=1S/C13H12BrN3O2/c1-19-12-5-4-9(7-11(12)14)13(18)17-16-8-10-3-2-6-15-10/h2-8,15H,1H3,(H,17,18)/b16-8+. The molecule has 98 valence electrons. The van der Waals surface area contributed by atoms with Gasteiger partial charge in [0.15, 0.2) is 0 Å². The number of halogens is 1. The first-order valence-corrected chi connectivity index (χ1v) is 6.30. The molecule has 1 aromatic carbocycles. The third-order valence-corrected chi connectivity index (χ3v) is 3.03. The second-order valence-electron chi connectivity index (χ2n) is 3.67. The Labute approximate surface area is 118 Å². The number of hydrogen-bond acceptors (Lipinski definition) is 3. The summed E-state index contributed by atoms with van der Waals surface area (Å²) in [4.78, 5) is 14.8. The van der Waals surface area contributed by atoms with Gasteiger partial charge in [-0.15, -0.1) is 0 Å². The highest BCUT2D eigenvalue weighted by Gasteiger charge is 2.07. The van der Waals surface area contributed by atoms with Crippen LogP contribution in [0.1, 0.15) is 16.1 Å². The van der Waals surface area contributed by atoms with Crippen LogP contribution < -0.4 is 10.2 Å². The lowest BCUT2D eigenvalue weighted by atomic mass is 10.2. The lowest BCUT2D eigenvalue weighted by molar-refractivity contribution is 0.0955. The first-order valence-electron chi connectivity index (χ1n) is 5.51. The SMILES string of the molecule is COc1ccc(C(=O)N/N=C/c2ccc[nH]2)cc1Br. The van der Waals surface area contributed by atoms with Crippen molar-refractivity contribution in [1.82, 2.24) is 10.4 Å². The highest BCUT2D eigenvalue weighted by atomic mass is 79.9. The van der Waals surface area contributed by atoms with Crippen molar-refractivity contribution in [3.63, 3.8) is 0 Å². The van der Waals surface area contributed by atoms with Gasteiger partial charge in [-0.2, -0.15) is 5.10 Å². The van der Waals surface area contributed by atoms with Crippen LogP contribution in [0.4, 0.5) is 0 Å². The Bertz CT molecular complexity index is 594. The monoisotopic (exact) mass is 321 g/mol. The molecule has 0 atom stereocenters. The third-order valence-electron chi connectivity index (χ3n) is 2.41. The van der Waals surface area contributed by atoms with E-state index in [2.05, 4.69) is 31.4 Å². The minimum absolute atomic E-state index is 0.286. The smallest absolute Gasteiger partial charge is 0.271 e. The Morgan fingerprint density at radius 2 is 2.32 bits per heavy atom. The van der Waals surface area contributed by atoms with Crippen LogP contribution >= 0.6 is 15.9 Å². The van der Waals surface area contributed by atoms with Crippen molar-refractivity contribution >= 4 is 28.1 Å². The largest absolute Gasteiger partial charge is 0.496 e. The van der Waals surface area contributed by atoms with Gasteiger partial charge < -0.3 is 9.72 Å². The number of nitrogens with one attached hydrogen (secondary N) is 2. The minimum Gasteiger partial charge on any atom is -0.496 e. The quantitative estimate of drug-likeness (QED) is 0.671. The summed E-state index contributed by atoms with van der Waals surface area (Å²) in [5, 5.41) is 3.86. The molecule has 0 fully saturated rings. The highest BCUT2D eigenvalue weighted by molar-refractivity contribution is 9.10. The van der Waals surface area contributed by atoms with Crippen molar-refractivity contribution in [2.75, 3.05) is 7.11 Å². The fourth-order valence-corrected chi connectivity index (χ4v) is 2.00. The zero-order valence-corrected chi connectivity index (χ0v) is 11.8. The van der Waals surface area contributed by atoms with E-state index >= 15 is 0 Å². The van der Waals surface area contributed by atoms with E-state index in [0.29, 0.717) is 11.3 Å². The van der Waals surface area contributed by atoms with E-state index in [1.165, 1.54) is 6.21 Å². The van der Waals surface area contributed by atoms with Crippen LogP contribution in [0.25, 0.3) is 0 Å². The van der Waals surface area contributed by atoms with Crippen LogP contribution in [0.15, 0.2) is 46.1 Å². The lowest BCUT2D eigenvalue weighted by Crippen LogP contribution is -2.17. The number of carbonyl (C=O) groups excluding carboxylic acids is 1. The number of H-pyrrole nitrogens is 1. The fraction of sp³-hybridized carbons (Fsp3) is 0.0769. The molecular weight excluding hydrogens is 310 g/mol. The number of hydrogen-bond donors (Lipinski definition) is 2. The summed E-state index contributed by atoms with van der Waals surface area (Å²) in [5.74, 6) is 0.387. The predicted molar refractivity (Wildman–Crippen MR) is 76.5 cm³/mol. The Morgan fingerprint density at radius 1 is 1.47 bits per heavy atom. The average Bonchev–Trinajstić information content (AvgIpc) is 2.91. The number of aromatic nitrogens is 1. The Kier molecular flexibility index (Phi) is 4.35. The maximum atomic E-state index is 11.8. The Hall–Kier alpha value is -2.08. The molecule has 0 spiro atoms. The van der Waals surface area contributed by atoms with Gasteiger partial charge in [0.05, 0.1) is 23.5 Å². The first kappa shape index (κ1) is 13.4. The van der Waals surface area contributed by atoms with Gasteiger partial charge in [0, 0.05) is 11.8 Å². The molecule has 2 rings (SSSR count). The highest BCUT2D eigenvalue weighted by Crippen LogP contribution is 2.25. The molecule has 0 radical (unpaired) electrons. The number of methoxy groups -OCH3 is 1. The molecule has 2 N–H and O–H groups in total. The van der Waals surface area contributed by atoms with Crippen LogP contribution in [0.3, 0.4) is 0 Å². The molecular formula is C13H12BrN3O2. The molecule has 5 nitrogen and oxygen atoms in total. The number of ether oxygens (including phenoxy) is 1. The molecule has 0 saturated heterocycles. The first-order chi connectivity index (χ1) is 9.20. The number of hydrazone groups is 1. The van der Waals surface area contributed by atoms with Gasteiger partial charge in [-0.3, -0.25) is 4.79 Å². The summed E-state index contributed by atoms with van der Waals surface area (Å²) >= 11 is 3.33. The number of nitrogens with zero attached hydrogens (tertiary/aromatic N) is 1. The van der Waals surface area contributed by atoms with Crippen molar-refractivity contribution in [2.24, 2.45) is 5.10 Å². The number of aromatic amines is 1. The Balaban J connectivity index is 2.02. The van der Waals surface area contributed by atoms with E-state index in [4.69, 9.17) is 4.74 Å². The van der Waals surface area contributed by atoms with Crippen LogP contribution in [0, 0.1) is 0 Å². The van der Waals surface area contributed by atoms with E-state index in [-0.39, 0.29) is 5.91 Å². The summed E-state index contributed by atoms with van der Waals surface area (Å²) in [5.41, 5.74) is 3.76. The van der Waals surface area contributed by atoms with E-state index in [9.17, 15) is 4.79 Å². The fourth-order valence-electron chi connectivity index (χ4n) is 1.46. The van der Waals surface area contributed by atoms with Gasteiger partial charge in [-0.1, -0.05) is 0 Å². The zero-order chi connectivity index (χ0) is 13.7. The van der Waals surface area contributed by atoms with Crippen molar-refractivity contribution in [2.45, 2.75) is 0 Å². The van der Waals surface area contributed by atoms with Crippen LogP contribution in [-0.2, 0) is 0 Å². The van der Waals surface area contributed by atoms with E-state index in [1.54, 1.807) is 31.5 Å².